The van der Waals surface area contributed by atoms with E-state index < -0.39 is 0 Å². The topological polar surface area (TPSA) is 44.2 Å². The van der Waals surface area contributed by atoms with E-state index in [1.165, 1.54) is 0 Å². The largest absolute Gasteiger partial charge is 0.463 e. The zero-order chi connectivity index (χ0) is 11.3. The van der Waals surface area contributed by atoms with E-state index in [1.54, 1.807) is 13.3 Å². The van der Waals surface area contributed by atoms with Gasteiger partial charge in [-0.2, -0.15) is 0 Å². The van der Waals surface area contributed by atoms with Gasteiger partial charge in [-0.05, 0) is 26.8 Å². The van der Waals surface area contributed by atoms with Crippen molar-refractivity contribution in [1.82, 2.24) is 9.97 Å². The Bertz CT molecular complexity index is 313. The SMILES string of the molecule is COC(C)(C)CCOc1nccc(C)n1. The molecule has 0 saturated carbocycles. The highest BCUT2D eigenvalue weighted by Crippen LogP contribution is 2.13. The fourth-order valence-corrected chi connectivity index (χ4v) is 0.986. The van der Waals surface area contributed by atoms with Gasteiger partial charge in [-0.1, -0.05) is 0 Å². The molecule has 15 heavy (non-hydrogen) atoms. The second kappa shape index (κ2) is 5.07. The fourth-order valence-electron chi connectivity index (χ4n) is 0.986. The van der Waals surface area contributed by atoms with Crippen LogP contribution < -0.4 is 4.74 Å². The highest BCUT2D eigenvalue weighted by molar-refractivity contribution is 5.02. The molecular formula is C11H18N2O2. The predicted molar refractivity (Wildman–Crippen MR) is 58.0 cm³/mol. The van der Waals surface area contributed by atoms with Crippen molar-refractivity contribution in [2.45, 2.75) is 32.8 Å². The van der Waals surface area contributed by atoms with Gasteiger partial charge in [0.2, 0.25) is 0 Å². The Hall–Kier alpha value is -1.16. The molecule has 1 rings (SSSR count). The molecule has 0 fully saturated rings. The summed E-state index contributed by atoms with van der Waals surface area (Å²) < 4.78 is 10.7. The van der Waals surface area contributed by atoms with Crippen LogP contribution in [-0.4, -0.2) is 29.3 Å². The first-order valence-electron chi connectivity index (χ1n) is 5.01. The van der Waals surface area contributed by atoms with E-state index in [2.05, 4.69) is 9.97 Å². The van der Waals surface area contributed by atoms with Crippen molar-refractivity contribution in [3.63, 3.8) is 0 Å². The summed E-state index contributed by atoms with van der Waals surface area (Å²) in [6.45, 7) is 6.51. The van der Waals surface area contributed by atoms with E-state index in [4.69, 9.17) is 9.47 Å². The van der Waals surface area contributed by atoms with Crippen molar-refractivity contribution >= 4 is 0 Å². The first kappa shape index (κ1) is 11.9. The van der Waals surface area contributed by atoms with Gasteiger partial charge >= 0.3 is 6.01 Å². The minimum Gasteiger partial charge on any atom is -0.463 e. The molecule has 4 heteroatoms. The molecule has 0 atom stereocenters. The van der Waals surface area contributed by atoms with Gasteiger partial charge in [-0.3, -0.25) is 0 Å². The maximum absolute atomic E-state index is 5.42. The zero-order valence-electron chi connectivity index (χ0n) is 9.78. The van der Waals surface area contributed by atoms with E-state index >= 15 is 0 Å². The number of aromatic nitrogens is 2. The average molecular weight is 210 g/mol. The summed E-state index contributed by atoms with van der Waals surface area (Å²) in [5, 5.41) is 0. The predicted octanol–water partition coefficient (Wildman–Crippen LogP) is 1.98. The quantitative estimate of drug-likeness (QED) is 0.745. The van der Waals surface area contributed by atoms with Crippen LogP contribution in [0.15, 0.2) is 12.3 Å². The van der Waals surface area contributed by atoms with Crippen LogP contribution in [0, 0.1) is 6.92 Å². The second-order valence-corrected chi connectivity index (χ2v) is 4.04. The summed E-state index contributed by atoms with van der Waals surface area (Å²) in [6, 6.07) is 2.27. The van der Waals surface area contributed by atoms with Crippen molar-refractivity contribution in [3.8, 4) is 6.01 Å². The molecule has 1 aromatic heterocycles. The van der Waals surface area contributed by atoms with Crippen molar-refractivity contribution in [1.29, 1.82) is 0 Å². The van der Waals surface area contributed by atoms with Crippen molar-refractivity contribution in [2.24, 2.45) is 0 Å². The lowest BCUT2D eigenvalue weighted by atomic mass is 10.1. The summed E-state index contributed by atoms with van der Waals surface area (Å²) in [6.07, 6.45) is 2.50. The summed E-state index contributed by atoms with van der Waals surface area (Å²) >= 11 is 0. The number of hydrogen-bond donors (Lipinski definition) is 0. The molecule has 4 nitrogen and oxygen atoms in total. The Labute approximate surface area is 90.7 Å². The van der Waals surface area contributed by atoms with Gasteiger partial charge in [0.1, 0.15) is 0 Å². The van der Waals surface area contributed by atoms with E-state index in [0.717, 1.165) is 12.1 Å². The second-order valence-electron chi connectivity index (χ2n) is 4.04. The van der Waals surface area contributed by atoms with Gasteiger partial charge in [0, 0.05) is 25.4 Å². The minimum atomic E-state index is -0.163. The molecule has 0 aliphatic heterocycles. The van der Waals surface area contributed by atoms with Crippen LogP contribution in [0.4, 0.5) is 0 Å². The monoisotopic (exact) mass is 210 g/mol. The highest BCUT2D eigenvalue weighted by atomic mass is 16.5. The van der Waals surface area contributed by atoms with E-state index in [-0.39, 0.29) is 5.60 Å². The number of rotatable bonds is 5. The number of ether oxygens (including phenoxy) is 2. The third kappa shape index (κ3) is 4.25. The molecule has 0 aliphatic carbocycles. The number of aryl methyl sites for hydroxylation is 1. The van der Waals surface area contributed by atoms with Gasteiger partial charge in [0.05, 0.1) is 12.2 Å². The van der Waals surface area contributed by atoms with Gasteiger partial charge in [0.25, 0.3) is 0 Å². The normalized spacial score (nSPS) is 11.5. The molecule has 0 spiro atoms. The van der Waals surface area contributed by atoms with Crippen molar-refractivity contribution in [3.05, 3.63) is 18.0 Å². The Morgan fingerprint density at radius 1 is 1.40 bits per heavy atom. The molecule has 0 aliphatic rings. The van der Waals surface area contributed by atoms with Crippen LogP contribution in [0.1, 0.15) is 26.0 Å². The molecule has 0 saturated heterocycles. The number of methoxy groups -OCH3 is 1. The Morgan fingerprint density at radius 2 is 2.13 bits per heavy atom. The Balaban J connectivity index is 2.38. The van der Waals surface area contributed by atoms with Crippen LogP contribution >= 0.6 is 0 Å². The molecule has 84 valence electrons. The number of hydrogen-bond acceptors (Lipinski definition) is 4. The lowest BCUT2D eigenvalue weighted by molar-refractivity contribution is 0.00466. The molecule has 0 N–H and O–H groups in total. The van der Waals surface area contributed by atoms with E-state index in [1.807, 2.05) is 26.8 Å². The van der Waals surface area contributed by atoms with Crippen molar-refractivity contribution < 1.29 is 9.47 Å². The molecule has 0 radical (unpaired) electrons. The Morgan fingerprint density at radius 3 is 2.73 bits per heavy atom. The van der Waals surface area contributed by atoms with Gasteiger partial charge in [0.15, 0.2) is 0 Å². The van der Waals surface area contributed by atoms with Crippen LogP contribution in [0.25, 0.3) is 0 Å². The fraction of sp³-hybridized carbons (Fsp3) is 0.636. The maximum atomic E-state index is 5.42. The number of nitrogens with zero attached hydrogens (tertiary/aromatic N) is 2. The molecule has 0 unspecified atom stereocenters. The average Bonchev–Trinajstić information content (AvgIpc) is 2.18. The van der Waals surface area contributed by atoms with Crippen molar-refractivity contribution in [2.75, 3.05) is 13.7 Å². The lowest BCUT2D eigenvalue weighted by Gasteiger charge is -2.22. The molecule has 0 bridgehead atoms. The van der Waals surface area contributed by atoms with E-state index in [9.17, 15) is 0 Å². The molecule has 1 aromatic rings. The van der Waals surface area contributed by atoms with Gasteiger partial charge < -0.3 is 9.47 Å². The van der Waals surface area contributed by atoms with Gasteiger partial charge in [-0.25, -0.2) is 9.97 Å². The third-order valence-electron chi connectivity index (χ3n) is 2.26. The third-order valence-corrected chi connectivity index (χ3v) is 2.26. The molecule has 0 amide bonds. The van der Waals surface area contributed by atoms with Gasteiger partial charge in [-0.15, -0.1) is 0 Å². The molecular weight excluding hydrogens is 192 g/mol. The summed E-state index contributed by atoms with van der Waals surface area (Å²) in [4.78, 5) is 8.16. The first-order chi connectivity index (χ1) is 7.03. The molecule has 1 heterocycles. The first-order valence-corrected chi connectivity index (χ1v) is 5.01. The summed E-state index contributed by atoms with van der Waals surface area (Å²) in [5.74, 6) is 0. The smallest absolute Gasteiger partial charge is 0.316 e. The van der Waals surface area contributed by atoms with Crippen LogP contribution in [-0.2, 0) is 4.74 Å². The maximum Gasteiger partial charge on any atom is 0.316 e. The van der Waals surface area contributed by atoms with E-state index in [0.29, 0.717) is 12.6 Å². The zero-order valence-corrected chi connectivity index (χ0v) is 9.78. The minimum absolute atomic E-state index is 0.163. The lowest BCUT2D eigenvalue weighted by Crippen LogP contribution is -2.25. The Kier molecular flexibility index (Phi) is 4.03. The standard InChI is InChI=1S/C11H18N2O2/c1-9-5-7-12-10(13-9)15-8-6-11(2,3)14-4/h5,7H,6,8H2,1-4H3. The highest BCUT2D eigenvalue weighted by Gasteiger charge is 2.16. The molecule has 0 aromatic carbocycles. The van der Waals surface area contributed by atoms with Crippen LogP contribution in [0.3, 0.4) is 0 Å². The van der Waals surface area contributed by atoms with Crippen LogP contribution in [0.5, 0.6) is 6.01 Å². The summed E-state index contributed by atoms with van der Waals surface area (Å²) in [7, 11) is 1.70. The van der Waals surface area contributed by atoms with Crippen LogP contribution in [0.2, 0.25) is 0 Å². The summed E-state index contributed by atoms with van der Waals surface area (Å²) in [5.41, 5.74) is 0.745.